The van der Waals surface area contributed by atoms with Gasteiger partial charge in [0, 0.05) is 29.8 Å². The minimum atomic E-state index is -3.32. The Morgan fingerprint density at radius 1 is 1.20 bits per heavy atom. The number of ether oxygens (including phenoxy) is 1. The van der Waals surface area contributed by atoms with Crippen LogP contribution < -0.4 is 4.74 Å². The minimum absolute atomic E-state index is 0.0300. The minimum Gasteiger partial charge on any atom is -0.490 e. The highest BCUT2D eigenvalue weighted by Crippen LogP contribution is 2.40. The zero-order chi connectivity index (χ0) is 18.0. The van der Waals surface area contributed by atoms with E-state index >= 15 is 0 Å². The first-order valence-corrected chi connectivity index (χ1v) is 10.5. The van der Waals surface area contributed by atoms with Gasteiger partial charge in [0.15, 0.2) is 9.84 Å². The first-order chi connectivity index (χ1) is 11.9. The molecule has 3 aromatic rings. The molecule has 0 amide bonds. The molecule has 130 valence electrons. The molecule has 0 saturated heterocycles. The lowest BCUT2D eigenvalue weighted by Crippen LogP contribution is -2.07. The Morgan fingerprint density at radius 3 is 2.64 bits per heavy atom. The maximum absolute atomic E-state index is 12.0. The number of pyridine rings is 1. The van der Waals surface area contributed by atoms with Crippen molar-refractivity contribution in [1.29, 1.82) is 0 Å². The van der Waals surface area contributed by atoms with Crippen LogP contribution >= 0.6 is 11.3 Å². The number of sulfone groups is 1. The van der Waals surface area contributed by atoms with Crippen LogP contribution in [0, 0.1) is 0 Å². The summed E-state index contributed by atoms with van der Waals surface area (Å²) in [6.07, 6.45) is 4.61. The number of benzene rings is 1. The van der Waals surface area contributed by atoms with Gasteiger partial charge in [-0.25, -0.2) is 13.4 Å². The first-order valence-electron chi connectivity index (χ1n) is 7.71. The number of rotatable bonds is 5. The third-order valence-corrected chi connectivity index (χ3v) is 5.46. The van der Waals surface area contributed by atoms with Crippen molar-refractivity contribution in [2.75, 3.05) is 6.26 Å². The molecule has 0 aliphatic carbocycles. The summed E-state index contributed by atoms with van der Waals surface area (Å²) in [7, 11) is -3.32. The van der Waals surface area contributed by atoms with Crippen molar-refractivity contribution in [3.8, 4) is 27.4 Å². The van der Waals surface area contributed by atoms with Gasteiger partial charge in [0.2, 0.25) is 0 Å². The van der Waals surface area contributed by atoms with E-state index in [0.29, 0.717) is 5.75 Å². The van der Waals surface area contributed by atoms with Gasteiger partial charge >= 0.3 is 0 Å². The molecule has 0 unspecified atom stereocenters. The van der Waals surface area contributed by atoms with Gasteiger partial charge in [0.1, 0.15) is 5.75 Å². The molecule has 7 heteroatoms. The van der Waals surface area contributed by atoms with E-state index in [2.05, 4.69) is 9.97 Å². The highest BCUT2D eigenvalue weighted by Gasteiger charge is 2.19. The second kappa shape index (κ2) is 6.93. The molecule has 2 heterocycles. The maximum atomic E-state index is 12.0. The molecule has 0 N–H and O–H groups in total. The van der Waals surface area contributed by atoms with Crippen LogP contribution in [0.15, 0.2) is 53.1 Å². The highest BCUT2D eigenvalue weighted by atomic mass is 32.2. The van der Waals surface area contributed by atoms with Crippen molar-refractivity contribution in [2.45, 2.75) is 24.8 Å². The fraction of sp³-hybridized carbons (Fsp3) is 0.222. The summed E-state index contributed by atoms with van der Waals surface area (Å²) >= 11 is 1.44. The van der Waals surface area contributed by atoms with E-state index in [9.17, 15) is 8.42 Å². The Hall–Kier alpha value is -2.25. The van der Waals surface area contributed by atoms with Crippen LogP contribution in [-0.2, 0) is 9.84 Å². The normalized spacial score (nSPS) is 11.7. The number of hydrogen-bond acceptors (Lipinski definition) is 6. The summed E-state index contributed by atoms with van der Waals surface area (Å²) < 4.78 is 29.9. The fourth-order valence-electron chi connectivity index (χ4n) is 2.42. The van der Waals surface area contributed by atoms with Crippen molar-refractivity contribution in [2.24, 2.45) is 0 Å². The number of hydrogen-bond donors (Lipinski definition) is 0. The van der Waals surface area contributed by atoms with Gasteiger partial charge in [-0.2, -0.15) is 0 Å². The molecule has 25 heavy (non-hydrogen) atoms. The Morgan fingerprint density at radius 2 is 2.00 bits per heavy atom. The van der Waals surface area contributed by atoms with Gasteiger partial charge in [-0.05, 0) is 44.2 Å². The zero-order valence-corrected chi connectivity index (χ0v) is 15.8. The van der Waals surface area contributed by atoms with Crippen LogP contribution in [0.2, 0.25) is 0 Å². The van der Waals surface area contributed by atoms with E-state index in [1.807, 2.05) is 26.0 Å². The fourth-order valence-corrected chi connectivity index (χ4v) is 3.90. The quantitative estimate of drug-likeness (QED) is 0.673. The number of nitrogens with zero attached hydrogens (tertiary/aromatic N) is 2. The van der Waals surface area contributed by atoms with Crippen molar-refractivity contribution < 1.29 is 13.2 Å². The largest absolute Gasteiger partial charge is 0.490 e. The maximum Gasteiger partial charge on any atom is 0.175 e. The number of aromatic nitrogens is 2. The van der Waals surface area contributed by atoms with Crippen LogP contribution in [0.4, 0.5) is 0 Å². The Bertz CT molecular complexity index is 981. The predicted octanol–water partition coefficient (Wildman–Crippen LogP) is 4.06. The average molecular weight is 374 g/mol. The molecule has 0 fully saturated rings. The van der Waals surface area contributed by atoms with Gasteiger partial charge in [0.25, 0.3) is 0 Å². The molecule has 0 radical (unpaired) electrons. The molecule has 0 atom stereocenters. The lowest BCUT2D eigenvalue weighted by Gasteiger charge is -2.15. The van der Waals surface area contributed by atoms with Gasteiger partial charge in [0.05, 0.1) is 27.1 Å². The second-order valence-electron chi connectivity index (χ2n) is 5.87. The van der Waals surface area contributed by atoms with E-state index in [4.69, 9.17) is 4.74 Å². The first kappa shape index (κ1) is 17.6. The average Bonchev–Trinajstić information content (AvgIpc) is 3.04. The van der Waals surface area contributed by atoms with Crippen molar-refractivity contribution in [3.63, 3.8) is 0 Å². The molecular formula is C18H18N2O3S2. The third-order valence-electron chi connectivity index (χ3n) is 3.49. The van der Waals surface area contributed by atoms with Crippen molar-refractivity contribution in [3.05, 3.63) is 48.2 Å². The van der Waals surface area contributed by atoms with Gasteiger partial charge in [-0.15, -0.1) is 11.3 Å². The van der Waals surface area contributed by atoms with Crippen LogP contribution in [0.5, 0.6) is 5.75 Å². The molecule has 2 aromatic heterocycles. The summed E-state index contributed by atoms with van der Waals surface area (Å²) in [4.78, 5) is 9.70. The smallest absolute Gasteiger partial charge is 0.175 e. The summed E-state index contributed by atoms with van der Waals surface area (Å²) in [6, 6.07) is 8.70. The third kappa shape index (κ3) is 3.88. The SMILES string of the molecule is CC(C)Oc1ccc(S(C)(=O)=O)cc1-c1scnc1-c1cccnc1. The Labute approximate surface area is 151 Å². The summed E-state index contributed by atoms with van der Waals surface area (Å²) in [5.74, 6) is 0.636. The van der Waals surface area contributed by atoms with Gasteiger partial charge in [-0.1, -0.05) is 0 Å². The summed E-state index contributed by atoms with van der Waals surface area (Å²) in [6.45, 7) is 3.87. The topological polar surface area (TPSA) is 69.2 Å². The van der Waals surface area contributed by atoms with Crippen LogP contribution in [0.1, 0.15) is 13.8 Å². The van der Waals surface area contributed by atoms with E-state index in [0.717, 1.165) is 21.7 Å². The van der Waals surface area contributed by atoms with E-state index in [-0.39, 0.29) is 11.0 Å². The zero-order valence-electron chi connectivity index (χ0n) is 14.1. The van der Waals surface area contributed by atoms with E-state index in [1.165, 1.54) is 17.6 Å². The molecule has 0 spiro atoms. The standard InChI is InChI=1S/C18H18N2O3S2/c1-12(2)23-16-7-6-14(25(3,21)22)9-15(16)18-17(20-11-24-18)13-5-4-8-19-10-13/h4-12H,1-3H3. The Balaban J connectivity index is 2.21. The molecular weight excluding hydrogens is 356 g/mol. The lowest BCUT2D eigenvalue weighted by atomic mass is 10.1. The van der Waals surface area contributed by atoms with Gasteiger partial charge in [-0.3, -0.25) is 4.98 Å². The molecule has 1 aromatic carbocycles. The van der Waals surface area contributed by atoms with Crippen molar-refractivity contribution >= 4 is 21.2 Å². The molecule has 5 nitrogen and oxygen atoms in total. The summed E-state index contributed by atoms with van der Waals surface area (Å²) in [5, 5.41) is 0. The molecule has 0 saturated carbocycles. The van der Waals surface area contributed by atoms with Crippen LogP contribution in [-0.4, -0.2) is 30.7 Å². The monoisotopic (exact) mass is 374 g/mol. The lowest BCUT2D eigenvalue weighted by molar-refractivity contribution is 0.243. The predicted molar refractivity (Wildman–Crippen MR) is 99.7 cm³/mol. The van der Waals surface area contributed by atoms with Crippen LogP contribution in [0.3, 0.4) is 0 Å². The second-order valence-corrected chi connectivity index (χ2v) is 8.74. The summed E-state index contributed by atoms with van der Waals surface area (Å²) in [5.41, 5.74) is 4.10. The van der Waals surface area contributed by atoms with E-state index < -0.39 is 9.84 Å². The Kier molecular flexibility index (Phi) is 4.87. The molecule has 0 aliphatic heterocycles. The van der Waals surface area contributed by atoms with Crippen molar-refractivity contribution in [1.82, 2.24) is 9.97 Å². The van der Waals surface area contributed by atoms with Gasteiger partial charge < -0.3 is 4.74 Å². The molecule has 0 bridgehead atoms. The molecule has 0 aliphatic rings. The van der Waals surface area contributed by atoms with Crippen LogP contribution in [0.25, 0.3) is 21.7 Å². The molecule has 3 rings (SSSR count). The highest BCUT2D eigenvalue weighted by molar-refractivity contribution is 7.90. The number of thiazole rings is 1. The van der Waals surface area contributed by atoms with E-state index in [1.54, 1.807) is 36.1 Å².